The Balaban J connectivity index is 0.000000711. The zero-order valence-electron chi connectivity index (χ0n) is 12.9. The zero-order chi connectivity index (χ0) is 14.8. The molecular weight excluding hydrogens is 260 g/mol. The Morgan fingerprint density at radius 2 is 1.84 bits per heavy atom. The summed E-state index contributed by atoms with van der Waals surface area (Å²) in [4.78, 5) is 0. The van der Waals surface area contributed by atoms with Crippen LogP contribution >= 0.6 is 0 Å². The van der Waals surface area contributed by atoms with Gasteiger partial charge >= 0.3 is 8.56 Å². The van der Waals surface area contributed by atoms with E-state index in [-0.39, 0.29) is 11.8 Å². The molecule has 0 aromatic rings. The molecule has 0 saturated carbocycles. The minimum absolute atomic E-state index is 0.122. The van der Waals surface area contributed by atoms with Crippen LogP contribution in [0.25, 0.3) is 0 Å². The monoisotopic (exact) mass is 289 g/mol. The molecule has 1 unspecified atom stereocenters. The lowest BCUT2D eigenvalue weighted by atomic mass is 10.1. The molecule has 0 amide bonds. The number of methoxy groups -OCH3 is 1. The van der Waals surface area contributed by atoms with Gasteiger partial charge in [-0.05, 0) is 18.9 Å². The lowest BCUT2D eigenvalue weighted by Crippen LogP contribution is -2.64. The van der Waals surface area contributed by atoms with Crippen molar-refractivity contribution < 1.29 is 18.7 Å². The summed E-state index contributed by atoms with van der Waals surface area (Å²) in [6.07, 6.45) is 7.02. The molecule has 1 atom stereocenters. The number of ether oxygens (including phenoxy) is 1. The van der Waals surface area contributed by atoms with Gasteiger partial charge in [0.05, 0.1) is 0 Å². The fourth-order valence-corrected chi connectivity index (χ4v) is 6.91. The fraction of sp³-hybridized carbons (Fsp3) is 0.857. The first kappa shape index (κ1) is 18.8. The van der Waals surface area contributed by atoms with Crippen molar-refractivity contribution in [3.8, 4) is 0 Å². The van der Waals surface area contributed by atoms with Crippen molar-refractivity contribution in [1.29, 1.82) is 0 Å². The topological polar surface area (TPSA) is 47.6 Å². The second-order valence-corrected chi connectivity index (χ2v) is 8.51. The van der Waals surface area contributed by atoms with Crippen molar-refractivity contribution in [3.63, 3.8) is 0 Å². The molecular formula is C14H29O4Si. The van der Waals surface area contributed by atoms with E-state index >= 15 is 0 Å². The third-order valence-corrected chi connectivity index (χ3v) is 8.28. The van der Waals surface area contributed by atoms with Crippen LogP contribution in [0.15, 0.2) is 12.7 Å². The summed E-state index contributed by atoms with van der Waals surface area (Å²) < 4.78 is 17.4. The normalized spacial score (nSPS) is 25.3. The van der Waals surface area contributed by atoms with E-state index in [0.29, 0.717) is 0 Å². The van der Waals surface area contributed by atoms with E-state index < -0.39 is 8.56 Å². The fourth-order valence-electron chi connectivity index (χ4n) is 2.92. The number of hydrogen-bond donors (Lipinski definition) is 0. The van der Waals surface area contributed by atoms with Crippen LogP contribution in [0.1, 0.15) is 39.0 Å². The summed E-state index contributed by atoms with van der Waals surface area (Å²) in [6.45, 7) is 5.19. The van der Waals surface area contributed by atoms with Gasteiger partial charge < -0.3 is 13.6 Å². The van der Waals surface area contributed by atoms with Crippen LogP contribution in [0.2, 0.25) is 6.04 Å². The predicted octanol–water partition coefficient (Wildman–Crippen LogP) is 3.23. The smallest absolute Gasteiger partial charge is 0.370 e. The van der Waals surface area contributed by atoms with E-state index in [4.69, 9.17) is 13.6 Å². The third kappa shape index (κ3) is 4.39. The van der Waals surface area contributed by atoms with E-state index in [1.807, 2.05) is 0 Å². The summed E-state index contributed by atoms with van der Waals surface area (Å²) in [7, 11) is 3.22. The van der Waals surface area contributed by atoms with Crippen molar-refractivity contribution in [2.75, 3.05) is 27.9 Å². The maximum atomic E-state index is 9.18. The summed E-state index contributed by atoms with van der Waals surface area (Å²) in [5.74, 6) is 0. The molecule has 1 aliphatic rings. The van der Waals surface area contributed by atoms with Gasteiger partial charge in [0.25, 0.3) is 0 Å². The minimum atomic E-state index is -2.15. The van der Waals surface area contributed by atoms with Gasteiger partial charge in [0.1, 0.15) is 11.8 Å². The van der Waals surface area contributed by atoms with E-state index in [1.54, 1.807) is 21.3 Å². The minimum Gasteiger partial charge on any atom is -0.396 e. The molecule has 0 bridgehead atoms. The van der Waals surface area contributed by atoms with Gasteiger partial charge in [-0.3, -0.25) is 0 Å². The maximum absolute atomic E-state index is 9.18. The standard InChI is InChI=1S/C11H24O3Si.C3H5O/c1-5-8-11(12-2)9-6-7-10-15(11,13-3)14-4;1-2-3-4/h5-10H2,1-4H3;2H,1,3H2. The lowest BCUT2D eigenvalue weighted by Gasteiger charge is -2.47. The van der Waals surface area contributed by atoms with Crippen molar-refractivity contribution in [2.45, 2.75) is 50.3 Å². The van der Waals surface area contributed by atoms with Crippen LogP contribution in [0, 0.1) is 0 Å². The molecule has 0 aliphatic carbocycles. The molecule has 0 aromatic heterocycles. The van der Waals surface area contributed by atoms with Crippen LogP contribution in [-0.4, -0.2) is 41.7 Å². The van der Waals surface area contributed by atoms with Crippen molar-refractivity contribution in [2.24, 2.45) is 0 Å². The van der Waals surface area contributed by atoms with E-state index in [2.05, 4.69) is 13.5 Å². The first-order valence-electron chi connectivity index (χ1n) is 6.96. The molecule has 4 nitrogen and oxygen atoms in total. The largest absolute Gasteiger partial charge is 0.396 e. The Labute approximate surface area is 119 Å². The molecule has 1 radical (unpaired) electrons. The average molecular weight is 289 g/mol. The summed E-state index contributed by atoms with van der Waals surface area (Å²) >= 11 is 0. The third-order valence-electron chi connectivity index (χ3n) is 3.85. The van der Waals surface area contributed by atoms with Crippen molar-refractivity contribution >= 4 is 8.56 Å². The molecule has 0 spiro atoms. The molecule has 19 heavy (non-hydrogen) atoms. The van der Waals surface area contributed by atoms with Crippen LogP contribution in [0.4, 0.5) is 0 Å². The highest BCUT2D eigenvalue weighted by Crippen LogP contribution is 2.42. The van der Waals surface area contributed by atoms with Crippen molar-refractivity contribution in [1.82, 2.24) is 0 Å². The summed E-state index contributed by atoms with van der Waals surface area (Å²) in [5.41, 5.74) is 0. The van der Waals surface area contributed by atoms with Gasteiger partial charge in [-0.25, -0.2) is 5.11 Å². The van der Waals surface area contributed by atoms with Gasteiger partial charge in [0.15, 0.2) is 0 Å². The maximum Gasteiger partial charge on any atom is 0.370 e. The van der Waals surface area contributed by atoms with E-state index in [9.17, 15) is 5.11 Å². The molecule has 5 heteroatoms. The van der Waals surface area contributed by atoms with Crippen LogP contribution in [0.3, 0.4) is 0 Å². The average Bonchev–Trinajstić information content (AvgIpc) is 2.48. The molecule has 1 fully saturated rings. The van der Waals surface area contributed by atoms with Crippen LogP contribution in [-0.2, 0) is 18.7 Å². The van der Waals surface area contributed by atoms with Crippen molar-refractivity contribution in [3.05, 3.63) is 12.7 Å². The quantitative estimate of drug-likeness (QED) is 0.557. The highest BCUT2D eigenvalue weighted by molar-refractivity contribution is 6.70. The van der Waals surface area contributed by atoms with Gasteiger partial charge in [-0.15, -0.1) is 6.58 Å². The summed E-state index contributed by atoms with van der Waals surface area (Å²) in [6, 6.07) is 1.06. The Morgan fingerprint density at radius 1 is 1.26 bits per heavy atom. The molecule has 1 saturated heterocycles. The van der Waals surface area contributed by atoms with Gasteiger partial charge in [0.2, 0.25) is 0 Å². The SMILES string of the molecule is C=CC[O].CCCC1(OC)CCCC[Si]1(OC)OC. The second kappa shape index (κ2) is 9.66. The first-order chi connectivity index (χ1) is 9.11. The van der Waals surface area contributed by atoms with E-state index in [0.717, 1.165) is 25.3 Å². The highest BCUT2D eigenvalue weighted by atomic mass is 28.4. The van der Waals surface area contributed by atoms with Gasteiger partial charge in [0, 0.05) is 21.3 Å². The Kier molecular flexibility index (Phi) is 9.56. The van der Waals surface area contributed by atoms with Gasteiger partial charge in [-0.1, -0.05) is 32.3 Å². The van der Waals surface area contributed by atoms with Gasteiger partial charge in [-0.2, -0.15) is 0 Å². The van der Waals surface area contributed by atoms with Crippen LogP contribution < -0.4 is 0 Å². The highest BCUT2D eigenvalue weighted by Gasteiger charge is 2.58. The zero-order valence-corrected chi connectivity index (χ0v) is 13.9. The lowest BCUT2D eigenvalue weighted by molar-refractivity contribution is -0.0149. The Hall–Kier alpha value is -0.203. The Bertz CT molecular complexity index is 240. The predicted molar refractivity (Wildman–Crippen MR) is 78.8 cm³/mol. The number of hydrogen-bond acceptors (Lipinski definition) is 3. The number of rotatable bonds is 6. The molecule has 1 heterocycles. The molecule has 113 valence electrons. The second-order valence-electron chi connectivity index (χ2n) is 4.77. The van der Waals surface area contributed by atoms with E-state index in [1.165, 1.54) is 18.9 Å². The van der Waals surface area contributed by atoms with Crippen LogP contribution in [0.5, 0.6) is 0 Å². The summed E-state index contributed by atoms with van der Waals surface area (Å²) in [5, 5.41) is 9.06. The Morgan fingerprint density at radius 3 is 2.21 bits per heavy atom. The molecule has 1 aliphatic heterocycles. The molecule has 1 rings (SSSR count). The molecule has 0 N–H and O–H groups in total. The first-order valence-corrected chi connectivity index (χ1v) is 8.98. The molecule has 0 aromatic carbocycles.